The summed E-state index contributed by atoms with van der Waals surface area (Å²) in [4.78, 5) is 11.8. The van der Waals surface area contributed by atoms with Gasteiger partial charge in [-0.1, -0.05) is 37.6 Å². The Morgan fingerprint density at radius 2 is 2.10 bits per heavy atom. The second-order valence-corrected chi connectivity index (χ2v) is 7.43. The summed E-state index contributed by atoms with van der Waals surface area (Å²) in [5.74, 6) is -0.320. The van der Waals surface area contributed by atoms with Crippen molar-refractivity contribution in [3.8, 4) is 0 Å². The Balaban J connectivity index is 2.40. The molecule has 0 spiro atoms. The molecule has 2 aliphatic carbocycles. The van der Waals surface area contributed by atoms with Crippen LogP contribution >= 0.6 is 0 Å². The first-order valence-corrected chi connectivity index (χ1v) is 7.99. The van der Waals surface area contributed by atoms with Crippen LogP contribution in [0.2, 0.25) is 0 Å². The summed E-state index contributed by atoms with van der Waals surface area (Å²) in [5.41, 5.74) is 0.483. The number of hydrogen-bond acceptors (Lipinski definition) is 2. The third kappa shape index (κ3) is 2.68. The molecule has 1 unspecified atom stereocenters. The Kier molecular flexibility index (Phi) is 4.34. The molecule has 2 fully saturated rings. The first kappa shape index (κ1) is 16.3. The smallest absolute Gasteiger partial charge is 0.309 e. The summed E-state index contributed by atoms with van der Waals surface area (Å²) < 4.78 is 0. The van der Waals surface area contributed by atoms with Crippen LogP contribution in [0.1, 0.15) is 52.9 Å². The topological polar surface area (TPSA) is 57.5 Å². The van der Waals surface area contributed by atoms with E-state index in [1.54, 1.807) is 6.92 Å². The molecule has 21 heavy (non-hydrogen) atoms. The fourth-order valence-corrected chi connectivity index (χ4v) is 4.77. The van der Waals surface area contributed by atoms with Gasteiger partial charge in [0.25, 0.3) is 0 Å². The van der Waals surface area contributed by atoms with Crippen molar-refractivity contribution in [1.29, 1.82) is 0 Å². The second kappa shape index (κ2) is 5.60. The van der Waals surface area contributed by atoms with Crippen molar-refractivity contribution in [3.05, 3.63) is 24.3 Å². The molecule has 2 aliphatic rings. The van der Waals surface area contributed by atoms with Crippen LogP contribution in [0.5, 0.6) is 0 Å². The summed E-state index contributed by atoms with van der Waals surface area (Å²) >= 11 is 0. The molecule has 0 radical (unpaired) electrons. The number of aliphatic hydroxyl groups excluding tert-OH is 1. The molecule has 0 saturated heterocycles. The molecule has 0 aliphatic heterocycles. The van der Waals surface area contributed by atoms with E-state index in [1.165, 1.54) is 5.57 Å². The highest BCUT2D eigenvalue weighted by Crippen LogP contribution is 2.61. The second-order valence-electron chi connectivity index (χ2n) is 7.43. The molecule has 0 heterocycles. The van der Waals surface area contributed by atoms with Gasteiger partial charge in [-0.2, -0.15) is 0 Å². The van der Waals surface area contributed by atoms with Gasteiger partial charge in [-0.25, -0.2) is 0 Å². The third-order valence-electron chi connectivity index (χ3n) is 5.95. The Morgan fingerprint density at radius 1 is 1.43 bits per heavy atom. The lowest BCUT2D eigenvalue weighted by atomic mass is 9.47. The summed E-state index contributed by atoms with van der Waals surface area (Å²) in [6.07, 6.45) is 7.95. The van der Waals surface area contributed by atoms with Crippen LogP contribution in [0.3, 0.4) is 0 Å². The fraction of sp³-hybridized carbons (Fsp3) is 0.722. The molecular formula is C18H28O3. The lowest BCUT2D eigenvalue weighted by molar-refractivity contribution is -0.162. The summed E-state index contributed by atoms with van der Waals surface area (Å²) in [6.45, 7) is 10.1. The number of carboxylic acid groups (broad SMARTS) is 1. The van der Waals surface area contributed by atoms with Gasteiger partial charge in [0.1, 0.15) is 0 Å². The van der Waals surface area contributed by atoms with Crippen molar-refractivity contribution in [2.24, 2.45) is 22.7 Å². The maximum Gasteiger partial charge on any atom is 0.309 e. The van der Waals surface area contributed by atoms with Crippen molar-refractivity contribution in [2.45, 2.75) is 59.0 Å². The van der Waals surface area contributed by atoms with Gasteiger partial charge in [0.2, 0.25) is 0 Å². The first-order valence-electron chi connectivity index (χ1n) is 7.99. The minimum atomic E-state index is -0.663. The SMILES string of the molecule is C=C1CC[C@@H]2[C@](C)(CCC[C@]2(C)C(=O)O)[C@H]1/C=C/C(C)O. The zero-order valence-electron chi connectivity index (χ0n) is 13.4. The molecule has 3 nitrogen and oxygen atoms in total. The van der Waals surface area contributed by atoms with Gasteiger partial charge < -0.3 is 10.2 Å². The van der Waals surface area contributed by atoms with E-state index >= 15 is 0 Å². The van der Waals surface area contributed by atoms with Crippen LogP contribution in [0, 0.1) is 22.7 Å². The van der Waals surface area contributed by atoms with E-state index in [0.29, 0.717) is 0 Å². The Morgan fingerprint density at radius 3 is 2.67 bits per heavy atom. The Labute approximate surface area is 127 Å². The van der Waals surface area contributed by atoms with E-state index in [0.717, 1.165) is 32.1 Å². The monoisotopic (exact) mass is 292 g/mol. The molecule has 0 bridgehead atoms. The highest BCUT2D eigenvalue weighted by molar-refractivity contribution is 5.75. The van der Waals surface area contributed by atoms with Crippen LogP contribution in [0.25, 0.3) is 0 Å². The molecule has 0 aromatic carbocycles. The predicted molar refractivity (Wildman–Crippen MR) is 83.9 cm³/mol. The highest BCUT2D eigenvalue weighted by atomic mass is 16.4. The molecule has 2 N–H and O–H groups in total. The minimum Gasteiger partial charge on any atom is -0.481 e. The zero-order valence-corrected chi connectivity index (χ0v) is 13.4. The van der Waals surface area contributed by atoms with Crippen molar-refractivity contribution in [1.82, 2.24) is 0 Å². The van der Waals surface area contributed by atoms with E-state index < -0.39 is 17.5 Å². The van der Waals surface area contributed by atoms with Gasteiger partial charge >= 0.3 is 5.97 Å². The van der Waals surface area contributed by atoms with Crippen molar-refractivity contribution < 1.29 is 15.0 Å². The summed E-state index contributed by atoms with van der Waals surface area (Å²) in [5, 5.41) is 19.3. The zero-order chi connectivity index (χ0) is 15.8. The average molecular weight is 292 g/mol. The first-order chi connectivity index (χ1) is 9.71. The van der Waals surface area contributed by atoms with E-state index in [4.69, 9.17) is 0 Å². The average Bonchev–Trinajstić information content (AvgIpc) is 2.36. The van der Waals surface area contributed by atoms with Gasteiger partial charge in [0, 0.05) is 5.92 Å². The maximum atomic E-state index is 11.8. The lowest BCUT2D eigenvalue weighted by Crippen LogP contribution is -2.53. The number of carboxylic acids is 1. The number of carbonyl (C=O) groups is 1. The van der Waals surface area contributed by atoms with Gasteiger partial charge in [-0.05, 0) is 50.9 Å². The van der Waals surface area contributed by atoms with Crippen molar-refractivity contribution in [3.63, 3.8) is 0 Å². The van der Waals surface area contributed by atoms with Gasteiger partial charge in [-0.15, -0.1) is 0 Å². The molecule has 0 amide bonds. The van der Waals surface area contributed by atoms with E-state index in [1.807, 2.05) is 13.0 Å². The quantitative estimate of drug-likeness (QED) is 0.778. The van der Waals surface area contributed by atoms with Gasteiger partial charge in [0.05, 0.1) is 11.5 Å². The summed E-state index contributed by atoms with van der Waals surface area (Å²) in [7, 11) is 0. The number of hydrogen-bond donors (Lipinski definition) is 2. The van der Waals surface area contributed by atoms with Crippen molar-refractivity contribution >= 4 is 5.97 Å². The largest absolute Gasteiger partial charge is 0.481 e. The van der Waals surface area contributed by atoms with Gasteiger partial charge in [-0.3, -0.25) is 4.79 Å². The van der Waals surface area contributed by atoms with Crippen LogP contribution in [0.15, 0.2) is 24.3 Å². The van der Waals surface area contributed by atoms with Crippen LogP contribution in [-0.4, -0.2) is 22.3 Å². The third-order valence-corrected chi connectivity index (χ3v) is 5.95. The fourth-order valence-electron chi connectivity index (χ4n) is 4.77. The highest BCUT2D eigenvalue weighted by Gasteiger charge is 2.56. The number of aliphatic hydroxyl groups is 1. The molecular weight excluding hydrogens is 264 g/mol. The van der Waals surface area contributed by atoms with Crippen LogP contribution in [0.4, 0.5) is 0 Å². The maximum absolute atomic E-state index is 11.8. The number of rotatable bonds is 3. The molecule has 118 valence electrons. The van der Waals surface area contributed by atoms with E-state index in [-0.39, 0.29) is 17.3 Å². The Hall–Kier alpha value is -1.09. The number of allylic oxidation sites excluding steroid dienone is 2. The Bertz CT molecular complexity index is 465. The standard InChI is InChI=1S/C18H28O3/c1-12-6-9-15-17(3,14(12)8-7-13(2)19)10-5-11-18(15,4)16(20)21/h7-8,13-15,19H,1,5-6,9-11H2,2-4H3,(H,20,21)/b8-7+/t13?,14-,15+,17+,18-/m0/s1. The summed E-state index contributed by atoms with van der Waals surface area (Å²) in [6, 6.07) is 0. The van der Waals surface area contributed by atoms with E-state index in [2.05, 4.69) is 19.6 Å². The lowest BCUT2D eigenvalue weighted by Gasteiger charge is -2.56. The molecule has 5 atom stereocenters. The number of fused-ring (bicyclic) bond motifs is 1. The van der Waals surface area contributed by atoms with Crippen LogP contribution in [-0.2, 0) is 4.79 Å². The minimum absolute atomic E-state index is 0.0634. The molecule has 2 saturated carbocycles. The molecule has 2 rings (SSSR count). The van der Waals surface area contributed by atoms with Crippen LogP contribution < -0.4 is 0 Å². The normalized spacial score (nSPS) is 41.8. The van der Waals surface area contributed by atoms with E-state index in [9.17, 15) is 15.0 Å². The predicted octanol–water partition coefficient (Wildman–Crippen LogP) is 3.79. The molecule has 3 heteroatoms. The molecule has 0 aromatic rings. The van der Waals surface area contributed by atoms with Gasteiger partial charge in [0.15, 0.2) is 0 Å². The van der Waals surface area contributed by atoms with Crippen molar-refractivity contribution in [2.75, 3.05) is 0 Å². The molecule has 0 aromatic heterocycles. The number of aliphatic carboxylic acids is 1.